The zero-order chi connectivity index (χ0) is 29.6. The summed E-state index contributed by atoms with van der Waals surface area (Å²) in [4.78, 5) is 0. The summed E-state index contributed by atoms with van der Waals surface area (Å²) in [7, 11) is 0. The smallest absolute Gasteiger partial charge is 0.124 e. The molecule has 8 aromatic rings. The van der Waals surface area contributed by atoms with Gasteiger partial charge in [0.15, 0.2) is 0 Å². The van der Waals surface area contributed by atoms with Crippen molar-refractivity contribution >= 4 is 43.1 Å². The molecule has 44 heavy (non-hydrogen) atoms. The van der Waals surface area contributed by atoms with Gasteiger partial charge in [0.25, 0.3) is 0 Å². The summed E-state index contributed by atoms with van der Waals surface area (Å²) >= 11 is 0. The lowest BCUT2D eigenvalue weighted by Gasteiger charge is -2.19. The Labute approximate surface area is 256 Å². The van der Waals surface area contributed by atoms with Crippen molar-refractivity contribution in [1.29, 1.82) is 0 Å². The second kappa shape index (κ2) is 10.6. The number of phenols is 2. The molecule has 0 unspecified atom stereocenters. The van der Waals surface area contributed by atoms with Crippen molar-refractivity contribution in [1.82, 2.24) is 0 Å². The summed E-state index contributed by atoms with van der Waals surface area (Å²) in [5, 5.41) is 31.5. The first-order valence-corrected chi connectivity index (χ1v) is 15.1. The minimum absolute atomic E-state index is 0.286. The van der Waals surface area contributed by atoms with Gasteiger partial charge in [-0.05, 0) is 90.3 Å². The lowest BCUT2D eigenvalue weighted by atomic mass is 9.85. The molecule has 8 aromatic carbocycles. The first-order chi connectivity index (χ1) is 21.7. The molecule has 2 heteroatoms. The van der Waals surface area contributed by atoms with E-state index >= 15 is 0 Å². The van der Waals surface area contributed by atoms with Gasteiger partial charge in [-0.2, -0.15) is 0 Å². The molecule has 0 atom stereocenters. The Hall–Kier alpha value is -5.60. The molecule has 0 fully saturated rings. The van der Waals surface area contributed by atoms with Crippen molar-refractivity contribution in [3.8, 4) is 33.8 Å². The number of benzene rings is 8. The SMILES string of the molecule is Oc1ccc2ccccc2c1-c1c(CCc2ccc3ccccc3c2-c2c(O)ccc3ccccc23)ccc2ccccc12. The van der Waals surface area contributed by atoms with E-state index in [9.17, 15) is 10.2 Å². The molecule has 0 amide bonds. The van der Waals surface area contributed by atoms with Crippen LogP contribution >= 0.6 is 0 Å². The van der Waals surface area contributed by atoms with Crippen LogP contribution in [0.4, 0.5) is 0 Å². The van der Waals surface area contributed by atoms with E-state index in [1.54, 1.807) is 0 Å². The van der Waals surface area contributed by atoms with Crippen molar-refractivity contribution in [3.63, 3.8) is 0 Å². The molecule has 0 bridgehead atoms. The van der Waals surface area contributed by atoms with Crippen molar-refractivity contribution in [2.24, 2.45) is 0 Å². The molecule has 210 valence electrons. The van der Waals surface area contributed by atoms with Gasteiger partial charge in [0.2, 0.25) is 0 Å². The molecule has 0 aliphatic rings. The van der Waals surface area contributed by atoms with E-state index in [1.165, 1.54) is 11.1 Å². The van der Waals surface area contributed by atoms with Gasteiger partial charge >= 0.3 is 0 Å². The van der Waals surface area contributed by atoms with Gasteiger partial charge in [-0.3, -0.25) is 0 Å². The van der Waals surface area contributed by atoms with Gasteiger partial charge in [-0.1, -0.05) is 133 Å². The Morgan fingerprint density at radius 1 is 0.295 bits per heavy atom. The third-order valence-electron chi connectivity index (χ3n) is 9.01. The van der Waals surface area contributed by atoms with Crippen LogP contribution in [0, 0.1) is 0 Å². The van der Waals surface area contributed by atoms with E-state index < -0.39 is 0 Å². The molecular formula is C42H30O2. The van der Waals surface area contributed by atoms with Crippen LogP contribution in [0.5, 0.6) is 11.5 Å². The lowest BCUT2D eigenvalue weighted by molar-refractivity contribution is 0.477. The van der Waals surface area contributed by atoms with Crippen LogP contribution in [0.2, 0.25) is 0 Å². The number of phenolic OH excluding ortho intramolecular Hbond substituents is 2. The zero-order valence-corrected chi connectivity index (χ0v) is 24.2. The minimum Gasteiger partial charge on any atom is -0.507 e. The molecule has 0 saturated carbocycles. The normalized spacial score (nSPS) is 11.5. The number of aryl methyl sites for hydroxylation is 2. The summed E-state index contributed by atoms with van der Waals surface area (Å²) in [5.41, 5.74) is 6.26. The number of aromatic hydroxyl groups is 2. The number of rotatable bonds is 5. The Balaban J connectivity index is 1.34. The quantitative estimate of drug-likeness (QED) is 0.218. The maximum absolute atomic E-state index is 11.3. The first kappa shape index (κ1) is 26.1. The van der Waals surface area contributed by atoms with Crippen molar-refractivity contribution < 1.29 is 10.2 Å². The van der Waals surface area contributed by atoms with Crippen LogP contribution in [0.1, 0.15) is 11.1 Å². The monoisotopic (exact) mass is 566 g/mol. The number of fused-ring (bicyclic) bond motifs is 4. The van der Waals surface area contributed by atoms with Gasteiger partial charge in [-0.25, -0.2) is 0 Å². The van der Waals surface area contributed by atoms with E-state index in [-0.39, 0.29) is 11.5 Å². The predicted molar refractivity (Wildman–Crippen MR) is 185 cm³/mol. The number of hydrogen-bond donors (Lipinski definition) is 2. The highest BCUT2D eigenvalue weighted by Crippen LogP contribution is 2.44. The highest BCUT2D eigenvalue weighted by atomic mass is 16.3. The topological polar surface area (TPSA) is 40.5 Å². The average Bonchev–Trinajstić information content (AvgIpc) is 3.07. The fourth-order valence-corrected chi connectivity index (χ4v) is 6.96. The molecule has 2 nitrogen and oxygen atoms in total. The summed E-state index contributed by atoms with van der Waals surface area (Å²) in [5.74, 6) is 0.571. The molecular weight excluding hydrogens is 536 g/mol. The van der Waals surface area contributed by atoms with Crippen LogP contribution < -0.4 is 0 Å². The predicted octanol–water partition coefficient (Wildman–Crippen LogP) is 10.8. The van der Waals surface area contributed by atoms with Crippen LogP contribution in [0.3, 0.4) is 0 Å². The second-order valence-electron chi connectivity index (χ2n) is 11.5. The molecule has 0 radical (unpaired) electrons. The van der Waals surface area contributed by atoms with Crippen molar-refractivity contribution in [2.45, 2.75) is 12.8 Å². The summed E-state index contributed by atoms with van der Waals surface area (Å²) < 4.78 is 0. The summed E-state index contributed by atoms with van der Waals surface area (Å²) in [6.45, 7) is 0. The average molecular weight is 567 g/mol. The van der Waals surface area contributed by atoms with Crippen molar-refractivity contribution in [3.05, 3.63) is 157 Å². The van der Waals surface area contributed by atoms with Crippen LogP contribution in [0.15, 0.2) is 146 Å². The van der Waals surface area contributed by atoms with E-state index in [1.807, 2.05) is 48.5 Å². The Morgan fingerprint density at radius 2 is 0.591 bits per heavy atom. The highest BCUT2D eigenvalue weighted by molar-refractivity contribution is 6.10. The standard InChI is InChI=1S/C42H30O2/c43-37-25-23-29-11-3-7-15-35(29)41(37)39-31(19-17-27-9-1-5-13-33(27)39)21-22-32-20-18-28-10-2-6-14-34(28)40(32)42-36-16-8-4-12-30(36)24-26-38(42)44/h1-20,23-26,43-44H,21-22H2. The van der Waals surface area contributed by atoms with E-state index in [4.69, 9.17) is 0 Å². The molecule has 0 aliphatic carbocycles. The van der Waals surface area contributed by atoms with E-state index in [0.717, 1.165) is 78.2 Å². The molecule has 0 aliphatic heterocycles. The van der Waals surface area contributed by atoms with Gasteiger partial charge < -0.3 is 10.2 Å². The van der Waals surface area contributed by atoms with Gasteiger partial charge in [0.1, 0.15) is 11.5 Å². The Morgan fingerprint density at radius 3 is 0.955 bits per heavy atom. The largest absolute Gasteiger partial charge is 0.507 e. The third kappa shape index (κ3) is 4.27. The van der Waals surface area contributed by atoms with Crippen LogP contribution in [-0.2, 0) is 12.8 Å². The van der Waals surface area contributed by atoms with E-state index in [2.05, 4.69) is 97.1 Å². The minimum atomic E-state index is 0.286. The van der Waals surface area contributed by atoms with Crippen molar-refractivity contribution in [2.75, 3.05) is 0 Å². The lowest BCUT2D eigenvalue weighted by Crippen LogP contribution is -1.99. The van der Waals surface area contributed by atoms with Gasteiger partial charge in [0, 0.05) is 11.1 Å². The van der Waals surface area contributed by atoms with Gasteiger partial charge in [-0.15, -0.1) is 0 Å². The fourth-order valence-electron chi connectivity index (χ4n) is 6.96. The van der Waals surface area contributed by atoms with Gasteiger partial charge in [0.05, 0.1) is 0 Å². The molecule has 0 saturated heterocycles. The summed E-state index contributed by atoms with van der Waals surface area (Å²) in [6.07, 6.45) is 1.53. The summed E-state index contributed by atoms with van der Waals surface area (Å²) in [6, 6.07) is 49.8. The van der Waals surface area contributed by atoms with Crippen LogP contribution in [0.25, 0.3) is 65.3 Å². The highest BCUT2D eigenvalue weighted by Gasteiger charge is 2.20. The number of hydrogen-bond acceptors (Lipinski definition) is 2. The molecule has 2 N–H and O–H groups in total. The van der Waals surface area contributed by atoms with E-state index in [0.29, 0.717) is 0 Å². The zero-order valence-electron chi connectivity index (χ0n) is 24.2. The third-order valence-corrected chi connectivity index (χ3v) is 9.01. The molecule has 0 spiro atoms. The fraction of sp³-hybridized carbons (Fsp3) is 0.0476. The maximum atomic E-state index is 11.3. The Bertz CT molecular complexity index is 2200. The first-order valence-electron chi connectivity index (χ1n) is 15.1. The Kier molecular flexibility index (Phi) is 6.27. The molecule has 8 rings (SSSR count). The molecule has 0 heterocycles. The van der Waals surface area contributed by atoms with Crippen LogP contribution in [-0.4, -0.2) is 10.2 Å². The second-order valence-corrected chi connectivity index (χ2v) is 11.5. The maximum Gasteiger partial charge on any atom is 0.124 e. The molecule has 0 aromatic heterocycles.